The van der Waals surface area contributed by atoms with E-state index in [1.165, 1.54) is 35.6 Å². The second-order valence-corrected chi connectivity index (χ2v) is 10.6. The van der Waals surface area contributed by atoms with Crippen molar-refractivity contribution in [3.8, 4) is 12.1 Å². The Bertz CT molecular complexity index is 1450. The molecule has 1 heterocycles. The van der Waals surface area contributed by atoms with E-state index in [0.29, 0.717) is 11.3 Å². The largest absolute Gasteiger partial charge is 0.317 e. The van der Waals surface area contributed by atoms with E-state index in [-0.39, 0.29) is 36.4 Å². The van der Waals surface area contributed by atoms with E-state index in [9.17, 15) is 13.2 Å². The monoisotopic (exact) mass is 495 g/mol. The van der Waals surface area contributed by atoms with E-state index in [0.717, 1.165) is 25.6 Å². The summed E-state index contributed by atoms with van der Waals surface area (Å²) in [7, 11) is -3.90. The molecule has 0 bridgehead atoms. The number of nitrogens with zero attached hydrogens (tertiary/aromatic N) is 5. The van der Waals surface area contributed by atoms with Crippen LogP contribution in [0.2, 0.25) is 0 Å². The number of amides is 1. The van der Waals surface area contributed by atoms with Crippen LogP contribution in [-0.4, -0.2) is 36.3 Å². The number of nitriles is 2. The molecule has 0 fully saturated rings. The molecule has 0 N–H and O–H groups in total. The van der Waals surface area contributed by atoms with Crippen molar-refractivity contribution in [1.82, 2.24) is 8.87 Å². The van der Waals surface area contributed by atoms with Gasteiger partial charge >= 0.3 is 0 Å². The van der Waals surface area contributed by atoms with Gasteiger partial charge in [-0.25, -0.2) is 8.42 Å². The normalized spacial score (nSPS) is 12.1. The van der Waals surface area contributed by atoms with Crippen LogP contribution in [0.3, 0.4) is 0 Å². The highest BCUT2D eigenvalue weighted by Crippen LogP contribution is 2.23. The van der Waals surface area contributed by atoms with Crippen LogP contribution in [0.1, 0.15) is 41.3 Å². The number of rotatable bonds is 8. The van der Waals surface area contributed by atoms with Gasteiger partial charge < -0.3 is 4.57 Å². The average molecular weight is 496 g/mol. The summed E-state index contributed by atoms with van der Waals surface area (Å²) in [6.45, 7) is 6.72. The minimum Gasteiger partial charge on any atom is -0.317 e. The molecule has 0 aliphatic carbocycles. The predicted molar refractivity (Wildman–Crippen MR) is 131 cm³/mol. The van der Waals surface area contributed by atoms with E-state index < -0.39 is 15.9 Å². The summed E-state index contributed by atoms with van der Waals surface area (Å²) in [4.78, 5) is 17.8. The Morgan fingerprint density at radius 1 is 1.09 bits per heavy atom. The third-order valence-corrected chi connectivity index (χ3v) is 8.46. The molecule has 3 rings (SSSR count). The molecule has 1 aromatic heterocycles. The molecule has 0 saturated heterocycles. The summed E-state index contributed by atoms with van der Waals surface area (Å²) in [5, 5.41) is 17.6. The zero-order valence-electron chi connectivity index (χ0n) is 19.3. The molecule has 10 heteroatoms. The standard InChI is InChI=1S/C24H25N5O3S2/c1-4-29-21-16-17(2)15-18(3)22(21)33-24(29)27-23(30)19-7-9-20(10-8-19)34(31,32)28(13-5-11-25)14-6-12-26/h7-10,15-16H,4-6,13-14H2,1-3H3. The van der Waals surface area contributed by atoms with Crippen molar-refractivity contribution in [1.29, 1.82) is 10.5 Å². The van der Waals surface area contributed by atoms with Crippen LogP contribution in [0, 0.1) is 36.5 Å². The third-order valence-electron chi connectivity index (χ3n) is 5.31. The summed E-state index contributed by atoms with van der Waals surface area (Å²) < 4.78 is 30.1. The quantitative estimate of drug-likeness (QED) is 0.469. The highest BCUT2D eigenvalue weighted by Gasteiger charge is 2.24. The summed E-state index contributed by atoms with van der Waals surface area (Å²) in [6.07, 6.45) is 0.0391. The van der Waals surface area contributed by atoms with Crippen molar-refractivity contribution in [2.75, 3.05) is 13.1 Å². The van der Waals surface area contributed by atoms with E-state index in [1.54, 1.807) is 0 Å². The third kappa shape index (κ3) is 5.26. The molecule has 176 valence electrons. The first-order chi connectivity index (χ1) is 16.2. The number of benzene rings is 2. The lowest BCUT2D eigenvalue weighted by molar-refractivity contribution is 0.0997. The van der Waals surface area contributed by atoms with Crippen LogP contribution < -0.4 is 4.80 Å². The Hall–Kier alpha value is -3.31. The minimum absolute atomic E-state index is 0.00161. The first kappa shape index (κ1) is 25.3. The van der Waals surface area contributed by atoms with Crippen molar-refractivity contribution >= 4 is 37.5 Å². The number of hydrogen-bond acceptors (Lipinski definition) is 6. The van der Waals surface area contributed by atoms with Gasteiger partial charge in [-0.05, 0) is 62.2 Å². The molecule has 34 heavy (non-hydrogen) atoms. The van der Waals surface area contributed by atoms with E-state index >= 15 is 0 Å². The maximum Gasteiger partial charge on any atom is 0.279 e. The van der Waals surface area contributed by atoms with Crippen molar-refractivity contribution in [3.05, 3.63) is 57.9 Å². The molecular formula is C24H25N5O3S2. The first-order valence-corrected chi connectivity index (χ1v) is 13.0. The fourth-order valence-electron chi connectivity index (χ4n) is 3.67. The maximum absolute atomic E-state index is 13.0. The molecule has 0 unspecified atom stereocenters. The van der Waals surface area contributed by atoms with Gasteiger partial charge in [0.15, 0.2) is 4.80 Å². The van der Waals surface area contributed by atoms with Gasteiger partial charge in [-0.1, -0.05) is 17.4 Å². The molecule has 3 aromatic rings. The van der Waals surface area contributed by atoms with Crippen molar-refractivity contribution < 1.29 is 13.2 Å². The molecule has 0 radical (unpaired) electrons. The fraction of sp³-hybridized carbons (Fsp3) is 0.333. The number of carbonyl (C=O) groups excluding carboxylic acids is 1. The molecule has 2 aromatic carbocycles. The fourth-order valence-corrected chi connectivity index (χ4v) is 6.26. The van der Waals surface area contributed by atoms with Crippen LogP contribution in [0.25, 0.3) is 10.2 Å². The predicted octanol–water partition coefficient (Wildman–Crippen LogP) is 3.90. The molecule has 0 spiro atoms. The number of thiazole rings is 1. The Kier molecular flexibility index (Phi) is 8.00. The van der Waals surface area contributed by atoms with Gasteiger partial charge in [0.25, 0.3) is 5.91 Å². The summed E-state index contributed by atoms with van der Waals surface area (Å²) in [6, 6.07) is 13.6. The molecular weight excluding hydrogens is 470 g/mol. The minimum atomic E-state index is -3.90. The van der Waals surface area contributed by atoms with Crippen LogP contribution in [-0.2, 0) is 16.6 Å². The highest BCUT2D eigenvalue weighted by atomic mass is 32.2. The first-order valence-electron chi connectivity index (χ1n) is 10.8. The van der Waals surface area contributed by atoms with Gasteiger partial charge in [0.2, 0.25) is 10.0 Å². The molecule has 0 aliphatic rings. The molecule has 0 saturated carbocycles. The van der Waals surface area contributed by atoms with Gasteiger partial charge in [-0.3, -0.25) is 4.79 Å². The van der Waals surface area contributed by atoms with Crippen molar-refractivity contribution in [3.63, 3.8) is 0 Å². The van der Waals surface area contributed by atoms with Gasteiger partial charge in [-0.2, -0.15) is 19.8 Å². The second kappa shape index (κ2) is 10.7. The van der Waals surface area contributed by atoms with Gasteiger partial charge in [0.1, 0.15) is 0 Å². The SMILES string of the molecule is CCn1c(=NC(=O)c2ccc(S(=O)(=O)N(CCC#N)CCC#N)cc2)sc2c(C)cc(C)cc21. The Morgan fingerprint density at radius 3 is 2.26 bits per heavy atom. The number of sulfonamides is 1. The van der Waals surface area contributed by atoms with E-state index in [2.05, 4.69) is 17.1 Å². The highest BCUT2D eigenvalue weighted by molar-refractivity contribution is 7.89. The number of aromatic nitrogens is 1. The van der Waals surface area contributed by atoms with Crippen molar-refractivity contribution in [2.45, 2.75) is 45.1 Å². The van der Waals surface area contributed by atoms with Gasteiger partial charge in [0.05, 0.1) is 27.3 Å². The number of fused-ring (bicyclic) bond motifs is 1. The van der Waals surface area contributed by atoms with Crippen LogP contribution >= 0.6 is 11.3 Å². The summed E-state index contributed by atoms with van der Waals surface area (Å²) in [5.41, 5.74) is 3.57. The lowest BCUT2D eigenvalue weighted by atomic mass is 10.1. The van der Waals surface area contributed by atoms with E-state index in [1.807, 2.05) is 37.5 Å². The topological polar surface area (TPSA) is 119 Å². The zero-order valence-corrected chi connectivity index (χ0v) is 20.9. The Balaban J connectivity index is 1.94. The number of carbonyl (C=O) groups is 1. The summed E-state index contributed by atoms with van der Waals surface area (Å²) >= 11 is 1.45. The lowest BCUT2D eigenvalue weighted by Gasteiger charge is -2.20. The van der Waals surface area contributed by atoms with Crippen molar-refractivity contribution in [2.24, 2.45) is 4.99 Å². The molecule has 1 amide bonds. The molecule has 0 aliphatic heterocycles. The van der Waals surface area contributed by atoms with Crippen LogP contribution in [0.5, 0.6) is 0 Å². The maximum atomic E-state index is 13.0. The zero-order chi connectivity index (χ0) is 24.9. The Morgan fingerprint density at radius 2 is 1.71 bits per heavy atom. The Labute approximate surface area is 203 Å². The number of hydrogen-bond donors (Lipinski definition) is 0. The van der Waals surface area contributed by atoms with Crippen LogP contribution in [0.15, 0.2) is 46.3 Å². The van der Waals surface area contributed by atoms with Gasteiger partial charge in [-0.15, -0.1) is 0 Å². The number of aryl methyl sites for hydroxylation is 3. The molecule has 8 nitrogen and oxygen atoms in total. The van der Waals surface area contributed by atoms with Crippen LogP contribution in [0.4, 0.5) is 0 Å². The van der Waals surface area contributed by atoms with E-state index in [4.69, 9.17) is 10.5 Å². The summed E-state index contributed by atoms with van der Waals surface area (Å²) in [5.74, 6) is -0.460. The molecule has 0 atom stereocenters. The lowest BCUT2D eigenvalue weighted by Crippen LogP contribution is -2.32. The smallest absolute Gasteiger partial charge is 0.279 e. The van der Waals surface area contributed by atoms with Gasteiger partial charge in [0, 0.05) is 38.0 Å². The second-order valence-electron chi connectivity index (χ2n) is 7.72. The average Bonchev–Trinajstić information content (AvgIpc) is 3.16.